The van der Waals surface area contributed by atoms with Gasteiger partial charge in [0.2, 0.25) is 0 Å². The monoisotopic (exact) mass is 423 g/mol. The summed E-state index contributed by atoms with van der Waals surface area (Å²) >= 11 is 0. The number of nitrogens with zero attached hydrogens (tertiary/aromatic N) is 2. The van der Waals surface area contributed by atoms with Crippen LogP contribution in [0, 0.1) is 11.8 Å². The van der Waals surface area contributed by atoms with E-state index in [0.29, 0.717) is 6.10 Å². The first-order valence-corrected chi connectivity index (χ1v) is 8.72. The van der Waals surface area contributed by atoms with Gasteiger partial charge >= 0.3 is 0 Å². The highest BCUT2D eigenvalue weighted by Gasteiger charge is 2.21. The van der Waals surface area contributed by atoms with Crippen molar-refractivity contribution in [3.05, 3.63) is 0 Å². The number of rotatable bonds is 5. The zero-order chi connectivity index (χ0) is 15.1. The van der Waals surface area contributed by atoms with E-state index in [4.69, 9.17) is 4.74 Å². The van der Waals surface area contributed by atoms with Crippen LogP contribution in [0.3, 0.4) is 0 Å². The quantitative estimate of drug-likeness (QED) is 0.418. The molecule has 2 fully saturated rings. The molecule has 1 N–H and O–H groups in total. The largest absolute Gasteiger partial charge is 0.378 e. The molecule has 0 radical (unpaired) electrons. The number of nitrogens with one attached hydrogen (secondary N) is 1. The normalized spacial score (nSPS) is 29.0. The fourth-order valence-electron chi connectivity index (χ4n) is 3.59. The van der Waals surface area contributed by atoms with Gasteiger partial charge in [-0.3, -0.25) is 4.99 Å². The summed E-state index contributed by atoms with van der Waals surface area (Å²) in [5.41, 5.74) is 0. The molecule has 1 atom stereocenters. The van der Waals surface area contributed by atoms with Crippen molar-refractivity contribution < 1.29 is 4.74 Å². The van der Waals surface area contributed by atoms with Gasteiger partial charge in [0.1, 0.15) is 0 Å². The molecule has 4 nitrogen and oxygen atoms in total. The van der Waals surface area contributed by atoms with Crippen LogP contribution in [-0.4, -0.2) is 50.8 Å². The molecule has 2 aliphatic rings. The zero-order valence-electron chi connectivity index (χ0n) is 14.5. The third-order valence-corrected chi connectivity index (χ3v) is 5.01. The van der Waals surface area contributed by atoms with Crippen molar-refractivity contribution in [2.24, 2.45) is 16.8 Å². The van der Waals surface area contributed by atoms with Crippen LogP contribution >= 0.6 is 24.0 Å². The highest BCUT2D eigenvalue weighted by molar-refractivity contribution is 14.0. The van der Waals surface area contributed by atoms with E-state index in [9.17, 15) is 0 Å². The minimum atomic E-state index is 0. The Balaban J connectivity index is 0.00000242. The van der Waals surface area contributed by atoms with Gasteiger partial charge in [0.15, 0.2) is 5.96 Å². The number of halogens is 1. The van der Waals surface area contributed by atoms with Gasteiger partial charge in [-0.15, -0.1) is 24.0 Å². The zero-order valence-corrected chi connectivity index (χ0v) is 16.8. The smallest absolute Gasteiger partial charge is 0.193 e. The molecule has 0 aromatic heterocycles. The van der Waals surface area contributed by atoms with E-state index < -0.39 is 0 Å². The number of hydrogen-bond donors (Lipinski definition) is 1. The van der Waals surface area contributed by atoms with Crippen LogP contribution in [-0.2, 0) is 4.74 Å². The van der Waals surface area contributed by atoms with Gasteiger partial charge in [0.25, 0.3) is 0 Å². The SMILES string of the molecule is CN=C(NCCC1CCCO1)N(C)CC1CCC(C)CC1.I. The lowest BCUT2D eigenvalue weighted by atomic mass is 9.83. The highest BCUT2D eigenvalue weighted by atomic mass is 127. The van der Waals surface area contributed by atoms with Crippen molar-refractivity contribution in [3.8, 4) is 0 Å². The van der Waals surface area contributed by atoms with Crippen molar-refractivity contribution >= 4 is 29.9 Å². The van der Waals surface area contributed by atoms with Crippen LogP contribution in [0.1, 0.15) is 51.9 Å². The Morgan fingerprint density at radius 2 is 1.95 bits per heavy atom. The summed E-state index contributed by atoms with van der Waals surface area (Å²) in [7, 11) is 4.05. The van der Waals surface area contributed by atoms with E-state index in [1.165, 1.54) is 38.5 Å². The first-order valence-electron chi connectivity index (χ1n) is 8.72. The maximum absolute atomic E-state index is 5.67. The summed E-state index contributed by atoms with van der Waals surface area (Å²) < 4.78 is 5.67. The number of hydrogen-bond acceptors (Lipinski definition) is 2. The first-order chi connectivity index (χ1) is 10.2. The Labute approximate surface area is 153 Å². The fraction of sp³-hybridized carbons (Fsp3) is 0.941. The molecule has 0 bridgehead atoms. The predicted molar refractivity (Wildman–Crippen MR) is 104 cm³/mol. The van der Waals surface area contributed by atoms with Gasteiger partial charge < -0.3 is 15.0 Å². The molecule has 0 amide bonds. The molecule has 0 aromatic carbocycles. The molecule has 5 heteroatoms. The average Bonchev–Trinajstić information content (AvgIpc) is 2.99. The maximum atomic E-state index is 5.67. The summed E-state index contributed by atoms with van der Waals surface area (Å²) in [4.78, 5) is 6.72. The Morgan fingerprint density at radius 1 is 1.23 bits per heavy atom. The van der Waals surface area contributed by atoms with Crippen LogP contribution in [0.25, 0.3) is 0 Å². The predicted octanol–water partition coefficient (Wildman–Crippen LogP) is 3.51. The second-order valence-corrected chi connectivity index (χ2v) is 6.90. The van der Waals surface area contributed by atoms with Crippen molar-refractivity contribution in [3.63, 3.8) is 0 Å². The lowest BCUT2D eigenvalue weighted by Crippen LogP contribution is -2.42. The van der Waals surface area contributed by atoms with E-state index in [2.05, 4.69) is 29.2 Å². The number of guanidine groups is 1. The van der Waals surface area contributed by atoms with Gasteiger partial charge in [-0.25, -0.2) is 0 Å². The molecule has 0 spiro atoms. The number of aliphatic imine (C=N–C) groups is 1. The molecule has 1 aliphatic carbocycles. The Kier molecular flexibility index (Phi) is 9.71. The summed E-state index contributed by atoms with van der Waals surface area (Å²) in [6, 6.07) is 0. The van der Waals surface area contributed by atoms with Crippen LogP contribution in [0.4, 0.5) is 0 Å². The van der Waals surface area contributed by atoms with Crippen molar-refractivity contribution in [1.82, 2.24) is 10.2 Å². The Hall–Kier alpha value is -0.0400. The van der Waals surface area contributed by atoms with Gasteiger partial charge in [-0.2, -0.15) is 0 Å². The summed E-state index contributed by atoms with van der Waals surface area (Å²) in [6.07, 6.45) is 9.52. The Morgan fingerprint density at radius 3 is 2.55 bits per heavy atom. The lowest BCUT2D eigenvalue weighted by molar-refractivity contribution is 0.105. The summed E-state index contributed by atoms with van der Waals surface area (Å²) in [5.74, 6) is 2.80. The molecular weight excluding hydrogens is 389 g/mol. The van der Waals surface area contributed by atoms with Crippen molar-refractivity contribution in [1.29, 1.82) is 0 Å². The van der Waals surface area contributed by atoms with E-state index in [-0.39, 0.29) is 24.0 Å². The Bertz CT molecular complexity index is 324. The highest BCUT2D eigenvalue weighted by Crippen LogP contribution is 2.28. The van der Waals surface area contributed by atoms with Gasteiger partial charge in [-0.1, -0.05) is 19.8 Å². The molecular formula is C17H34IN3O. The van der Waals surface area contributed by atoms with E-state index >= 15 is 0 Å². The third-order valence-electron chi connectivity index (χ3n) is 5.01. The summed E-state index contributed by atoms with van der Waals surface area (Å²) in [6.45, 7) is 5.42. The standard InChI is InChI=1S/C17H33N3O.HI/c1-14-6-8-15(9-7-14)13-20(3)17(18-2)19-11-10-16-5-4-12-21-16;/h14-16H,4-13H2,1-3H3,(H,18,19);1H. The third kappa shape index (κ3) is 6.60. The molecule has 1 unspecified atom stereocenters. The molecule has 1 aliphatic heterocycles. The van der Waals surface area contributed by atoms with E-state index in [1.807, 2.05) is 7.05 Å². The van der Waals surface area contributed by atoms with Crippen LogP contribution in [0.2, 0.25) is 0 Å². The van der Waals surface area contributed by atoms with Crippen LogP contribution in [0.5, 0.6) is 0 Å². The maximum Gasteiger partial charge on any atom is 0.193 e. The molecule has 1 heterocycles. The summed E-state index contributed by atoms with van der Waals surface area (Å²) in [5, 5.41) is 3.49. The second-order valence-electron chi connectivity index (χ2n) is 6.90. The molecule has 0 aromatic rings. The van der Waals surface area contributed by atoms with Gasteiger partial charge in [0.05, 0.1) is 6.10 Å². The molecule has 130 valence electrons. The van der Waals surface area contributed by atoms with Crippen LogP contribution < -0.4 is 5.32 Å². The van der Waals surface area contributed by atoms with Gasteiger partial charge in [0, 0.05) is 33.8 Å². The minimum Gasteiger partial charge on any atom is -0.378 e. The first kappa shape index (κ1) is 20.0. The topological polar surface area (TPSA) is 36.9 Å². The van der Waals surface area contributed by atoms with Crippen molar-refractivity contribution in [2.45, 2.75) is 58.0 Å². The number of ether oxygens (including phenoxy) is 1. The van der Waals surface area contributed by atoms with E-state index in [0.717, 1.165) is 43.9 Å². The van der Waals surface area contributed by atoms with Crippen LogP contribution in [0.15, 0.2) is 4.99 Å². The molecule has 2 rings (SSSR count). The van der Waals surface area contributed by atoms with Crippen molar-refractivity contribution in [2.75, 3.05) is 33.8 Å². The van der Waals surface area contributed by atoms with E-state index in [1.54, 1.807) is 0 Å². The average molecular weight is 423 g/mol. The minimum absolute atomic E-state index is 0. The fourth-order valence-corrected chi connectivity index (χ4v) is 3.59. The molecule has 22 heavy (non-hydrogen) atoms. The molecule has 1 saturated heterocycles. The molecule has 1 saturated carbocycles. The van der Waals surface area contributed by atoms with Gasteiger partial charge in [-0.05, 0) is 43.9 Å². The second kappa shape index (κ2) is 10.7. The lowest BCUT2D eigenvalue weighted by Gasteiger charge is -2.31.